The molecule has 1 fully saturated rings. The summed E-state index contributed by atoms with van der Waals surface area (Å²) in [6.45, 7) is 3.25. The molecule has 6 nitrogen and oxygen atoms in total. The Kier molecular flexibility index (Phi) is 8.75. The van der Waals surface area contributed by atoms with Gasteiger partial charge < -0.3 is 19.5 Å². The van der Waals surface area contributed by atoms with Gasteiger partial charge >= 0.3 is 5.97 Å². The van der Waals surface area contributed by atoms with E-state index in [1.807, 2.05) is 35.2 Å². The van der Waals surface area contributed by atoms with Gasteiger partial charge in [0.2, 0.25) is 5.91 Å². The van der Waals surface area contributed by atoms with E-state index in [-0.39, 0.29) is 24.7 Å². The number of ether oxygens (including phenoxy) is 2. The van der Waals surface area contributed by atoms with Gasteiger partial charge in [0.25, 0.3) is 0 Å². The number of nitrogens with zero attached hydrogens (tertiary/aromatic N) is 1. The van der Waals surface area contributed by atoms with E-state index in [4.69, 9.17) is 9.47 Å². The summed E-state index contributed by atoms with van der Waals surface area (Å²) < 4.78 is 10.5. The van der Waals surface area contributed by atoms with Crippen molar-refractivity contribution >= 4 is 11.9 Å². The zero-order valence-electron chi connectivity index (χ0n) is 16.3. The lowest BCUT2D eigenvalue weighted by molar-refractivity contribution is -0.144. The summed E-state index contributed by atoms with van der Waals surface area (Å²) in [7, 11) is 1.60. The fraction of sp³-hybridized carbons (Fsp3) is 0.619. The number of carboxylic acid groups (broad SMARTS) is 1. The van der Waals surface area contributed by atoms with Crippen LogP contribution in [0.5, 0.6) is 0 Å². The highest BCUT2D eigenvalue weighted by Crippen LogP contribution is 2.24. The predicted molar refractivity (Wildman–Crippen MR) is 102 cm³/mol. The standard InChI is InChI=1S/C21H31NO5/c1-16(21(24)25)14-18(9-8-17-6-4-3-5-7-17)20(23)22-12-10-19(11-13-22)27-15-26-2/h3-7,16,18-19H,8-15H2,1-2H3,(H,24,25). The zero-order chi connectivity index (χ0) is 19.6. The monoisotopic (exact) mass is 377 g/mol. The van der Waals surface area contributed by atoms with Crippen molar-refractivity contribution in [2.24, 2.45) is 11.8 Å². The summed E-state index contributed by atoms with van der Waals surface area (Å²) >= 11 is 0. The van der Waals surface area contributed by atoms with Gasteiger partial charge in [0, 0.05) is 26.1 Å². The maximum atomic E-state index is 13.1. The minimum atomic E-state index is -0.848. The predicted octanol–water partition coefficient (Wildman–Crippen LogP) is 2.96. The van der Waals surface area contributed by atoms with Crippen LogP contribution in [0.4, 0.5) is 0 Å². The van der Waals surface area contributed by atoms with Crippen LogP contribution < -0.4 is 0 Å². The lowest BCUT2D eigenvalue weighted by Crippen LogP contribution is -2.44. The first-order valence-corrected chi connectivity index (χ1v) is 9.67. The molecule has 27 heavy (non-hydrogen) atoms. The van der Waals surface area contributed by atoms with E-state index < -0.39 is 11.9 Å². The van der Waals surface area contributed by atoms with E-state index in [1.165, 1.54) is 5.56 Å². The summed E-state index contributed by atoms with van der Waals surface area (Å²) in [5, 5.41) is 9.27. The van der Waals surface area contributed by atoms with Gasteiger partial charge in [0.15, 0.2) is 0 Å². The molecule has 0 aliphatic carbocycles. The molecule has 1 aromatic carbocycles. The van der Waals surface area contributed by atoms with Crippen molar-refractivity contribution in [3.05, 3.63) is 35.9 Å². The van der Waals surface area contributed by atoms with Crippen LogP contribution in [0.15, 0.2) is 30.3 Å². The van der Waals surface area contributed by atoms with Gasteiger partial charge in [0.05, 0.1) is 12.0 Å². The minimum Gasteiger partial charge on any atom is -0.481 e. The number of piperidine rings is 1. The summed E-state index contributed by atoms with van der Waals surface area (Å²) in [5.41, 5.74) is 1.17. The SMILES string of the molecule is COCOC1CCN(C(=O)C(CCc2ccccc2)CC(C)C(=O)O)CC1. The van der Waals surface area contributed by atoms with Crippen LogP contribution >= 0.6 is 0 Å². The van der Waals surface area contributed by atoms with Gasteiger partial charge in [-0.1, -0.05) is 37.3 Å². The molecule has 0 saturated carbocycles. The number of amides is 1. The summed E-state index contributed by atoms with van der Waals surface area (Å²) in [6.07, 6.45) is 3.51. The van der Waals surface area contributed by atoms with Crippen molar-refractivity contribution in [1.29, 1.82) is 0 Å². The fourth-order valence-electron chi connectivity index (χ4n) is 3.52. The number of aliphatic carboxylic acids is 1. The molecular formula is C21H31NO5. The average molecular weight is 377 g/mol. The van der Waals surface area contributed by atoms with Crippen molar-refractivity contribution in [3.8, 4) is 0 Å². The molecule has 1 aliphatic rings. The Morgan fingerprint density at radius 3 is 2.48 bits per heavy atom. The summed E-state index contributed by atoms with van der Waals surface area (Å²) in [5.74, 6) is -1.58. The Morgan fingerprint density at radius 1 is 1.22 bits per heavy atom. The summed E-state index contributed by atoms with van der Waals surface area (Å²) in [4.78, 5) is 26.2. The normalized spacial score (nSPS) is 17.5. The Bertz CT molecular complexity index is 583. The van der Waals surface area contributed by atoms with Crippen LogP contribution in [0.1, 0.15) is 38.2 Å². The van der Waals surface area contributed by atoms with Gasteiger partial charge in [-0.25, -0.2) is 0 Å². The largest absolute Gasteiger partial charge is 0.481 e. The van der Waals surface area contributed by atoms with Crippen molar-refractivity contribution in [3.63, 3.8) is 0 Å². The lowest BCUT2D eigenvalue weighted by Gasteiger charge is -2.34. The van der Waals surface area contributed by atoms with Crippen molar-refractivity contribution in [1.82, 2.24) is 4.90 Å². The molecule has 2 atom stereocenters. The molecule has 1 heterocycles. The number of hydrogen-bond donors (Lipinski definition) is 1. The maximum Gasteiger partial charge on any atom is 0.306 e. The fourth-order valence-corrected chi connectivity index (χ4v) is 3.52. The van der Waals surface area contributed by atoms with Crippen molar-refractivity contribution in [2.45, 2.75) is 45.1 Å². The number of likely N-dealkylation sites (tertiary alicyclic amines) is 1. The second-order valence-electron chi connectivity index (χ2n) is 7.29. The van der Waals surface area contributed by atoms with Crippen LogP contribution in [-0.2, 0) is 25.5 Å². The maximum absolute atomic E-state index is 13.1. The molecule has 2 rings (SSSR count). The van der Waals surface area contributed by atoms with E-state index in [2.05, 4.69) is 0 Å². The topological polar surface area (TPSA) is 76.1 Å². The molecule has 2 unspecified atom stereocenters. The Hall–Kier alpha value is -1.92. The third-order valence-corrected chi connectivity index (χ3v) is 5.21. The number of carboxylic acids is 1. The first kappa shape index (κ1) is 21.4. The van der Waals surface area contributed by atoms with E-state index >= 15 is 0 Å². The minimum absolute atomic E-state index is 0.0734. The molecule has 0 aromatic heterocycles. The van der Waals surface area contributed by atoms with Crippen LogP contribution in [-0.4, -0.2) is 55.0 Å². The Balaban J connectivity index is 1.94. The van der Waals surface area contributed by atoms with E-state index in [9.17, 15) is 14.7 Å². The lowest BCUT2D eigenvalue weighted by atomic mass is 9.88. The first-order valence-electron chi connectivity index (χ1n) is 9.67. The molecule has 1 saturated heterocycles. The average Bonchev–Trinajstić information content (AvgIpc) is 2.70. The molecule has 6 heteroatoms. The van der Waals surface area contributed by atoms with Gasteiger partial charge in [0.1, 0.15) is 6.79 Å². The number of carbonyl (C=O) groups excluding carboxylic acids is 1. The van der Waals surface area contributed by atoms with Gasteiger partial charge in [-0.2, -0.15) is 0 Å². The molecular weight excluding hydrogens is 346 g/mol. The number of carbonyl (C=O) groups is 2. The van der Waals surface area contributed by atoms with Crippen LogP contribution in [0.3, 0.4) is 0 Å². The first-order chi connectivity index (χ1) is 13.0. The highest BCUT2D eigenvalue weighted by molar-refractivity contribution is 5.80. The van der Waals surface area contributed by atoms with Gasteiger partial charge in [-0.15, -0.1) is 0 Å². The highest BCUT2D eigenvalue weighted by atomic mass is 16.7. The quantitative estimate of drug-likeness (QED) is 0.635. The molecule has 0 bridgehead atoms. The molecule has 1 amide bonds. The van der Waals surface area contributed by atoms with Crippen LogP contribution in [0, 0.1) is 11.8 Å². The van der Waals surface area contributed by atoms with Crippen molar-refractivity contribution in [2.75, 3.05) is 27.0 Å². The number of methoxy groups -OCH3 is 1. The van der Waals surface area contributed by atoms with E-state index in [1.54, 1.807) is 14.0 Å². The van der Waals surface area contributed by atoms with Crippen LogP contribution in [0.2, 0.25) is 0 Å². The second-order valence-corrected chi connectivity index (χ2v) is 7.29. The smallest absolute Gasteiger partial charge is 0.306 e. The van der Waals surface area contributed by atoms with Crippen molar-refractivity contribution < 1.29 is 24.2 Å². The van der Waals surface area contributed by atoms with Gasteiger partial charge in [-0.05, 0) is 37.7 Å². The van der Waals surface area contributed by atoms with Gasteiger partial charge in [-0.3, -0.25) is 9.59 Å². The molecule has 1 aliphatic heterocycles. The second kappa shape index (κ2) is 11.0. The Labute approximate surface area is 161 Å². The highest BCUT2D eigenvalue weighted by Gasteiger charge is 2.30. The molecule has 0 radical (unpaired) electrons. The third-order valence-electron chi connectivity index (χ3n) is 5.21. The van der Waals surface area contributed by atoms with E-state index in [0.29, 0.717) is 25.9 Å². The van der Waals surface area contributed by atoms with E-state index in [0.717, 1.165) is 19.3 Å². The third kappa shape index (κ3) is 6.96. The molecule has 0 spiro atoms. The molecule has 150 valence electrons. The summed E-state index contributed by atoms with van der Waals surface area (Å²) in [6, 6.07) is 10.0. The van der Waals surface area contributed by atoms with Crippen LogP contribution in [0.25, 0.3) is 0 Å². The number of benzene rings is 1. The zero-order valence-corrected chi connectivity index (χ0v) is 16.3. The molecule has 1 N–H and O–H groups in total. The number of aryl methyl sites for hydroxylation is 1. The Morgan fingerprint density at radius 2 is 1.89 bits per heavy atom. The number of hydrogen-bond acceptors (Lipinski definition) is 4. The molecule has 1 aromatic rings. The number of rotatable bonds is 10.